The van der Waals surface area contributed by atoms with Crippen LogP contribution in [0.4, 0.5) is 0 Å². The average molecular weight is 489 g/mol. The van der Waals surface area contributed by atoms with E-state index in [-0.39, 0.29) is 11.3 Å². The molecule has 0 spiro atoms. The zero-order valence-corrected chi connectivity index (χ0v) is 19.9. The number of aryl methyl sites for hydroxylation is 1. The Balaban J connectivity index is 1.53. The maximum absolute atomic E-state index is 13.7. The molecule has 0 fully saturated rings. The number of H-pyrrole nitrogens is 1. The number of methoxy groups -OCH3 is 2. The molecule has 1 amide bonds. The number of benzene rings is 2. The number of carbonyl (C=O) groups is 2. The largest absolute Gasteiger partial charge is 0.503 e. The van der Waals surface area contributed by atoms with Crippen molar-refractivity contribution >= 4 is 22.7 Å². The van der Waals surface area contributed by atoms with E-state index in [0.29, 0.717) is 47.5 Å². The lowest BCUT2D eigenvalue weighted by molar-refractivity contribution is -0.695. The van der Waals surface area contributed by atoms with Gasteiger partial charge in [-0.15, -0.1) is 0 Å². The van der Waals surface area contributed by atoms with E-state index < -0.39 is 23.5 Å². The van der Waals surface area contributed by atoms with Gasteiger partial charge in [-0.3, -0.25) is 14.6 Å². The highest BCUT2D eigenvalue weighted by Crippen LogP contribution is 2.41. The van der Waals surface area contributed by atoms with E-state index in [0.717, 1.165) is 0 Å². The van der Waals surface area contributed by atoms with E-state index in [1.165, 1.54) is 12.0 Å². The third kappa shape index (κ3) is 4.08. The molecule has 3 heterocycles. The highest BCUT2D eigenvalue weighted by atomic mass is 16.5. The summed E-state index contributed by atoms with van der Waals surface area (Å²) in [4.78, 5) is 31.5. The van der Waals surface area contributed by atoms with Crippen molar-refractivity contribution < 1.29 is 33.2 Å². The van der Waals surface area contributed by atoms with Crippen LogP contribution in [0.1, 0.15) is 28.6 Å². The number of aromatic nitrogens is 2. The van der Waals surface area contributed by atoms with Crippen molar-refractivity contribution in [3.05, 3.63) is 89.9 Å². The van der Waals surface area contributed by atoms with Crippen molar-refractivity contribution in [1.29, 1.82) is 0 Å². The van der Waals surface area contributed by atoms with E-state index >= 15 is 0 Å². The number of nitrogens with zero attached hydrogens (tertiary/aromatic N) is 2. The first-order valence-electron chi connectivity index (χ1n) is 11.5. The van der Waals surface area contributed by atoms with Gasteiger partial charge in [-0.25, -0.2) is 4.57 Å². The molecule has 5 rings (SSSR count). The van der Waals surface area contributed by atoms with Crippen molar-refractivity contribution in [3.63, 3.8) is 0 Å². The number of hydrogen-bond donors (Lipinski definition) is 2. The van der Waals surface area contributed by atoms with Crippen LogP contribution in [0, 0.1) is 0 Å². The van der Waals surface area contributed by atoms with Gasteiger partial charge in [0.25, 0.3) is 5.91 Å². The number of aromatic amines is 1. The number of aliphatic hydroxyl groups excluding tert-OH is 1. The summed E-state index contributed by atoms with van der Waals surface area (Å²) in [7, 11) is 3.07. The lowest BCUT2D eigenvalue weighted by Gasteiger charge is -2.26. The van der Waals surface area contributed by atoms with Crippen molar-refractivity contribution in [1.82, 2.24) is 9.88 Å². The summed E-state index contributed by atoms with van der Waals surface area (Å²) in [5.74, 6) is -0.653. The van der Waals surface area contributed by atoms with Gasteiger partial charge < -0.3 is 23.9 Å². The van der Waals surface area contributed by atoms with Crippen LogP contribution < -0.4 is 14.0 Å². The van der Waals surface area contributed by atoms with Gasteiger partial charge in [-0.1, -0.05) is 24.3 Å². The van der Waals surface area contributed by atoms with Gasteiger partial charge in [-0.2, -0.15) is 0 Å². The lowest BCUT2D eigenvalue weighted by Crippen LogP contribution is -2.36. The molecule has 2 aromatic carbocycles. The Morgan fingerprint density at radius 3 is 2.75 bits per heavy atom. The van der Waals surface area contributed by atoms with Gasteiger partial charge in [0.05, 0.1) is 32.4 Å². The maximum Gasteiger partial charge on any atom is 0.290 e. The molecule has 1 aliphatic rings. The third-order valence-corrected chi connectivity index (χ3v) is 6.33. The third-order valence-electron chi connectivity index (χ3n) is 6.33. The van der Waals surface area contributed by atoms with Crippen molar-refractivity contribution in [2.45, 2.75) is 19.0 Å². The Kier molecular flexibility index (Phi) is 6.20. The van der Waals surface area contributed by atoms with Gasteiger partial charge in [-0.05, 0) is 29.8 Å². The fourth-order valence-corrected chi connectivity index (χ4v) is 4.60. The normalized spacial score (nSPS) is 15.7. The molecule has 1 unspecified atom stereocenters. The number of carbonyl (C=O) groups excluding carboxylic acids is 2. The number of amides is 1. The SMILES string of the molecule is COc1cccc(C2C(C(=O)c3cc4cccc(OC)c4o3)=C(O)C(=O)N2CCC[n+]2cc[nH]c2)c1. The molecule has 2 N–H and O–H groups in total. The van der Waals surface area contributed by atoms with Crippen LogP contribution in [0.25, 0.3) is 11.0 Å². The van der Waals surface area contributed by atoms with Gasteiger partial charge in [0.1, 0.15) is 18.1 Å². The predicted octanol–water partition coefficient (Wildman–Crippen LogP) is 3.73. The van der Waals surface area contributed by atoms with Crippen molar-refractivity contribution in [3.8, 4) is 11.5 Å². The molecule has 1 aliphatic heterocycles. The van der Waals surface area contributed by atoms with Crippen LogP contribution in [0.3, 0.4) is 0 Å². The zero-order valence-electron chi connectivity index (χ0n) is 19.9. The van der Waals surface area contributed by atoms with E-state index in [1.807, 2.05) is 29.4 Å². The number of nitrogens with one attached hydrogen (secondary N) is 1. The number of rotatable bonds is 9. The predicted molar refractivity (Wildman–Crippen MR) is 130 cm³/mol. The minimum Gasteiger partial charge on any atom is -0.503 e. The number of fused-ring (bicyclic) bond motifs is 1. The van der Waals surface area contributed by atoms with Crippen LogP contribution in [-0.4, -0.2) is 47.4 Å². The molecule has 36 heavy (non-hydrogen) atoms. The Morgan fingerprint density at radius 2 is 2.00 bits per heavy atom. The summed E-state index contributed by atoms with van der Waals surface area (Å²) in [5.41, 5.74) is 1.05. The van der Waals surface area contributed by atoms with E-state index in [4.69, 9.17) is 13.9 Å². The molecule has 184 valence electrons. The lowest BCUT2D eigenvalue weighted by atomic mass is 9.94. The van der Waals surface area contributed by atoms with E-state index in [2.05, 4.69) is 4.98 Å². The first kappa shape index (κ1) is 23.2. The number of para-hydroxylation sites is 1. The summed E-state index contributed by atoms with van der Waals surface area (Å²) >= 11 is 0. The van der Waals surface area contributed by atoms with Crippen LogP contribution in [-0.2, 0) is 11.3 Å². The second-order valence-corrected chi connectivity index (χ2v) is 8.46. The minimum atomic E-state index is -0.800. The summed E-state index contributed by atoms with van der Waals surface area (Å²) in [5, 5.41) is 11.6. The van der Waals surface area contributed by atoms with Crippen LogP contribution in [0.2, 0.25) is 0 Å². The Morgan fingerprint density at radius 1 is 1.17 bits per heavy atom. The Labute approximate surface area is 207 Å². The summed E-state index contributed by atoms with van der Waals surface area (Å²) in [6.07, 6.45) is 6.15. The van der Waals surface area contributed by atoms with Gasteiger partial charge in [0.2, 0.25) is 12.1 Å². The van der Waals surface area contributed by atoms with Crippen LogP contribution >= 0.6 is 0 Å². The molecule has 9 nitrogen and oxygen atoms in total. The van der Waals surface area contributed by atoms with Crippen LogP contribution in [0.15, 0.2) is 83.0 Å². The molecule has 0 bridgehead atoms. The highest BCUT2D eigenvalue weighted by Gasteiger charge is 2.44. The first-order valence-corrected chi connectivity index (χ1v) is 11.5. The number of furan rings is 1. The van der Waals surface area contributed by atoms with Crippen molar-refractivity contribution in [2.24, 2.45) is 0 Å². The molecule has 0 aliphatic carbocycles. The molecular weight excluding hydrogens is 462 g/mol. The average Bonchev–Trinajstić information content (AvgIpc) is 3.63. The topological polar surface area (TPSA) is 109 Å². The second-order valence-electron chi connectivity index (χ2n) is 8.46. The summed E-state index contributed by atoms with van der Waals surface area (Å²) in [6.45, 7) is 0.985. The number of Topliss-reactive ketones (excluding diaryl/α,β-unsaturated/α-hetero) is 1. The monoisotopic (exact) mass is 488 g/mol. The number of imidazole rings is 1. The molecule has 9 heteroatoms. The number of hydrogen-bond acceptors (Lipinski definition) is 6. The zero-order chi connectivity index (χ0) is 25.2. The maximum atomic E-state index is 13.7. The molecule has 0 saturated carbocycles. The molecule has 0 saturated heterocycles. The standard InChI is InChI=1S/C27H25N3O6/c1-34-19-8-3-6-17(14-19)23-22(24(31)21-15-18-7-4-9-20(35-2)26(18)36-21)25(32)27(33)30(23)12-5-11-29-13-10-28-16-29/h3-4,6-10,13-16,23H,5,11-12H2,1-2H3,(H,31,32)/p+1. The first-order chi connectivity index (χ1) is 17.5. The van der Waals surface area contributed by atoms with Crippen molar-refractivity contribution in [2.75, 3.05) is 20.8 Å². The Bertz CT molecular complexity index is 1450. The second kappa shape index (κ2) is 9.61. The highest BCUT2D eigenvalue weighted by molar-refractivity contribution is 6.16. The molecule has 1 atom stereocenters. The minimum absolute atomic E-state index is 0.0153. The van der Waals surface area contributed by atoms with Gasteiger partial charge in [0, 0.05) is 18.4 Å². The quantitative estimate of drug-likeness (QED) is 0.275. The molecule has 2 aromatic heterocycles. The van der Waals surface area contributed by atoms with E-state index in [9.17, 15) is 14.7 Å². The number of ether oxygens (including phenoxy) is 2. The van der Waals surface area contributed by atoms with Crippen LogP contribution in [0.5, 0.6) is 11.5 Å². The molecular formula is C27H26N3O6+. The van der Waals surface area contributed by atoms with E-state index in [1.54, 1.807) is 49.6 Å². The van der Waals surface area contributed by atoms with Gasteiger partial charge >= 0.3 is 0 Å². The summed E-state index contributed by atoms with van der Waals surface area (Å²) < 4.78 is 18.5. The fraction of sp³-hybridized carbons (Fsp3) is 0.222. The fourth-order valence-electron chi connectivity index (χ4n) is 4.60. The molecule has 4 aromatic rings. The smallest absolute Gasteiger partial charge is 0.290 e. The number of aliphatic hydroxyl groups is 1. The molecule has 0 radical (unpaired) electrons. The number of ketones is 1. The summed E-state index contributed by atoms with van der Waals surface area (Å²) in [6, 6.07) is 13.3. The van der Waals surface area contributed by atoms with Gasteiger partial charge in [0.15, 0.2) is 22.9 Å². The Hall–Kier alpha value is -4.53.